The minimum absolute atomic E-state index is 0.209. The molecule has 1 aromatic rings. The Hall–Kier alpha value is -1.91. The lowest BCUT2D eigenvalue weighted by atomic mass is 10.0. The van der Waals surface area contributed by atoms with Crippen LogP contribution in [0.15, 0.2) is 24.3 Å². The van der Waals surface area contributed by atoms with E-state index in [0.29, 0.717) is 11.4 Å². The molecule has 1 saturated heterocycles. The molecule has 1 aliphatic heterocycles. The smallest absolute Gasteiger partial charge is 0.319 e. The molecule has 158 valence electrons. The summed E-state index contributed by atoms with van der Waals surface area (Å²) in [6.45, 7) is 1.48. The van der Waals surface area contributed by atoms with Crippen molar-refractivity contribution in [2.24, 2.45) is 0 Å². The van der Waals surface area contributed by atoms with Crippen molar-refractivity contribution < 1.29 is 24.5 Å². The third-order valence-electron chi connectivity index (χ3n) is 4.84. The van der Waals surface area contributed by atoms with E-state index in [1.165, 1.54) is 0 Å². The number of aliphatic hydroxyl groups is 2. The van der Waals surface area contributed by atoms with Crippen LogP contribution in [0.1, 0.15) is 0 Å². The molecule has 1 fully saturated rings. The van der Waals surface area contributed by atoms with Gasteiger partial charge < -0.3 is 35.2 Å². The van der Waals surface area contributed by atoms with E-state index in [1.54, 1.807) is 31.4 Å². The molecule has 0 bridgehead atoms. The monoisotopic (exact) mass is 396 g/mol. The normalized spacial score (nSPS) is 24.6. The Balaban J connectivity index is 1.94. The highest BCUT2D eigenvalue weighted by Gasteiger charge is 2.45. The topological polar surface area (TPSA) is 107 Å². The Bertz CT molecular complexity index is 630. The van der Waals surface area contributed by atoms with E-state index in [0.717, 1.165) is 13.1 Å². The molecule has 2 rings (SSSR count). The van der Waals surface area contributed by atoms with Gasteiger partial charge in [-0.25, -0.2) is 4.79 Å². The number of rotatable bonds is 9. The van der Waals surface area contributed by atoms with E-state index in [4.69, 9.17) is 9.47 Å². The summed E-state index contributed by atoms with van der Waals surface area (Å²) in [6.07, 6.45) is -1.93. The van der Waals surface area contributed by atoms with Gasteiger partial charge in [-0.15, -0.1) is 0 Å². The first-order chi connectivity index (χ1) is 13.3. The molecule has 4 N–H and O–H groups in total. The number of hydrogen-bond donors (Lipinski definition) is 4. The lowest BCUT2D eigenvalue weighted by molar-refractivity contribution is -0.0205. The van der Waals surface area contributed by atoms with E-state index in [2.05, 4.69) is 15.5 Å². The molecule has 1 aromatic carbocycles. The zero-order chi connectivity index (χ0) is 20.7. The summed E-state index contributed by atoms with van der Waals surface area (Å²) in [5.41, 5.74) is 0.608. The van der Waals surface area contributed by atoms with E-state index in [9.17, 15) is 15.0 Å². The lowest BCUT2D eigenvalue weighted by Gasteiger charge is -2.31. The number of nitrogens with zero attached hydrogens (tertiary/aromatic N) is 2. The number of nitrogens with one attached hydrogen (secondary N) is 2. The summed E-state index contributed by atoms with van der Waals surface area (Å²) >= 11 is 0. The molecule has 4 atom stereocenters. The number of urea groups is 1. The van der Waals surface area contributed by atoms with Crippen molar-refractivity contribution in [3.8, 4) is 5.75 Å². The number of benzene rings is 1. The average Bonchev–Trinajstić information content (AvgIpc) is 3.00. The number of amides is 2. The van der Waals surface area contributed by atoms with Gasteiger partial charge in [0.2, 0.25) is 0 Å². The van der Waals surface area contributed by atoms with Gasteiger partial charge in [0.15, 0.2) is 0 Å². The number of ether oxygens (including phenoxy) is 2. The van der Waals surface area contributed by atoms with Crippen LogP contribution in [0.5, 0.6) is 5.75 Å². The fourth-order valence-electron chi connectivity index (χ4n) is 3.27. The summed E-state index contributed by atoms with van der Waals surface area (Å²) in [5, 5.41) is 25.5. The summed E-state index contributed by atoms with van der Waals surface area (Å²) < 4.78 is 10.9. The van der Waals surface area contributed by atoms with Crippen molar-refractivity contribution >= 4 is 11.7 Å². The molecule has 0 saturated carbocycles. The second-order valence-corrected chi connectivity index (χ2v) is 7.23. The molecule has 1 aliphatic rings. The molecule has 0 unspecified atom stereocenters. The van der Waals surface area contributed by atoms with Gasteiger partial charge in [-0.05, 0) is 33.3 Å². The second-order valence-electron chi connectivity index (χ2n) is 7.23. The van der Waals surface area contributed by atoms with Crippen LogP contribution in [0, 0.1) is 0 Å². The van der Waals surface area contributed by atoms with Crippen LogP contribution in [0.25, 0.3) is 0 Å². The number of carbonyl (C=O) groups excluding carboxylic acids is 1. The molecule has 1 heterocycles. The number of carbonyl (C=O) groups is 1. The largest absolute Gasteiger partial charge is 0.497 e. The van der Waals surface area contributed by atoms with Crippen LogP contribution in [0.3, 0.4) is 0 Å². The van der Waals surface area contributed by atoms with Gasteiger partial charge in [0, 0.05) is 31.4 Å². The average molecular weight is 396 g/mol. The van der Waals surface area contributed by atoms with Gasteiger partial charge >= 0.3 is 6.03 Å². The van der Waals surface area contributed by atoms with Crippen LogP contribution < -0.4 is 15.4 Å². The SMILES string of the molecule is COc1cccc(NC(=O)NC[C@H]2O[C@@H](CO)[C@@H](O)[C@H]2N(C)CCN(C)C)c1. The van der Waals surface area contributed by atoms with E-state index >= 15 is 0 Å². The third-order valence-corrected chi connectivity index (χ3v) is 4.84. The zero-order valence-electron chi connectivity index (χ0n) is 17.0. The minimum atomic E-state index is -0.828. The maximum Gasteiger partial charge on any atom is 0.319 e. The van der Waals surface area contributed by atoms with Crippen molar-refractivity contribution in [2.75, 3.05) is 59.8 Å². The second kappa shape index (κ2) is 10.6. The van der Waals surface area contributed by atoms with Crippen LogP contribution >= 0.6 is 0 Å². The Labute approximate surface area is 166 Å². The highest BCUT2D eigenvalue weighted by molar-refractivity contribution is 5.89. The number of hydrogen-bond acceptors (Lipinski definition) is 7. The number of aliphatic hydroxyl groups excluding tert-OH is 2. The number of anilines is 1. The Morgan fingerprint density at radius 1 is 1.25 bits per heavy atom. The predicted octanol–water partition coefficient (Wildman–Crippen LogP) is -0.201. The number of methoxy groups -OCH3 is 1. The molecule has 0 aliphatic carbocycles. The van der Waals surface area contributed by atoms with Crippen molar-refractivity contribution in [1.82, 2.24) is 15.1 Å². The highest BCUT2D eigenvalue weighted by Crippen LogP contribution is 2.25. The van der Waals surface area contributed by atoms with Gasteiger partial charge in [0.25, 0.3) is 0 Å². The van der Waals surface area contributed by atoms with Crippen LogP contribution in [-0.4, -0.2) is 105 Å². The highest BCUT2D eigenvalue weighted by atomic mass is 16.5. The van der Waals surface area contributed by atoms with Gasteiger partial charge in [-0.3, -0.25) is 4.90 Å². The van der Waals surface area contributed by atoms with Crippen molar-refractivity contribution in [1.29, 1.82) is 0 Å². The fraction of sp³-hybridized carbons (Fsp3) is 0.632. The fourth-order valence-corrected chi connectivity index (χ4v) is 3.27. The van der Waals surface area contributed by atoms with Gasteiger partial charge in [-0.1, -0.05) is 6.07 Å². The van der Waals surface area contributed by atoms with Crippen LogP contribution in [0.4, 0.5) is 10.5 Å². The van der Waals surface area contributed by atoms with Crippen LogP contribution in [0.2, 0.25) is 0 Å². The summed E-state index contributed by atoms with van der Waals surface area (Å²) in [6, 6.07) is 6.35. The van der Waals surface area contributed by atoms with E-state index in [1.807, 2.05) is 26.0 Å². The quantitative estimate of drug-likeness (QED) is 0.458. The zero-order valence-corrected chi connectivity index (χ0v) is 17.0. The van der Waals surface area contributed by atoms with E-state index in [-0.39, 0.29) is 25.2 Å². The number of likely N-dealkylation sites (N-methyl/N-ethyl adjacent to an activating group) is 2. The lowest BCUT2D eigenvalue weighted by Crippen LogP contribution is -2.51. The first-order valence-electron chi connectivity index (χ1n) is 9.34. The molecule has 28 heavy (non-hydrogen) atoms. The molecule has 2 amide bonds. The molecule has 0 radical (unpaired) electrons. The van der Waals surface area contributed by atoms with Gasteiger partial charge in [0.1, 0.15) is 18.0 Å². The first kappa shape index (κ1) is 22.4. The Morgan fingerprint density at radius 2 is 2.00 bits per heavy atom. The Morgan fingerprint density at radius 3 is 2.64 bits per heavy atom. The van der Waals surface area contributed by atoms with Crippen molar-refractivity contribution in [3.63, 3.8) is 0 Å². The summed E-state index contributed by atoms with van der Waals surface area (Å²) in [7, 11) is 7.43. The molecule has 9 nitrogen and oxygen atoms in total. The summed E-state index contributed by atoms with van der Waals surface area (Å²) in [5.74, 6) is 0.647. The Kier molecular flexibility index (Phi) is 8.46. The summed E-state index contributed by atoms with van der Waals surface area (Å²) in [4.78, 5) is 16.3. The standard InChI is InChI=1S/C19H32N4O5/c1-22(2)8-9-23(3)17-15(28-16(12-24)18(17)25)11-20-19(26)21-13-6-5-7-14(10-13)27-4/h5-7,10,15-18,24-25H,8-9,11-12H2,1-4H3,(H2,20,21,26)/t15-,16+,17+,18-/m1/s1. The minimum Gasteiger partial charge on any atom is -0.497 e. The molecular weight excluding hydrogens is 364 g/mol. The van der Waals surface area contributed by atoms with Crippen LogP contribution in [-0.2, 0) is 4.74 Å². The predicted molar refractivity (Wildman–Crippen MR) is 107 cm³/mol. The molecular formula is C19H32N4O5. The van der Waals surface area contributed by atoms with Gasteiger partial charge in [-0.2, -0.15) is 0 Å². The third kappa shape index (κ3) is 6.05. The molecule has 9 heteroatoms. The maximum atomic E-state index is 12.2. The van der Waals surface area contributed by atoms with Crippen molar-refractivity contribution in [3.05, 3.63) is 24.3 Å². The van der Waals surface area contributed by atoms with E-state index < -0.39 is 18.3 Å². The van der Waals surface area contributed by atoms with Gasteiger partial charge in [0.05, 0.1) is 25.9 Å². The van der Waals surface area contributed by atoms with Crippen molar-refractivity contribution in [2.45, 2.75) is 24.4 Å². The maximum absolute atomic E-state index is 12.2. The molecule has 0 spiro atoms. The molecule has 0 aromatic heterocycles. The first-order valence-corrected chi connectivity index (χ1v) is 9.34.